The third kappa shape index (κ3) is 3.67. The average Bonchev–Trinajstić information content (AvgIpc) is 2.45. The highest BCUT2D eigenvalue weighted by Gasteiger charge is 2.13. The molecule has 5 heteroatoms. The van der Waals surface area contributed by atoms with E-state index in [-0.39, 0.29) is 17.9 Å². The lowest BCUT2D eigenvalue weighted by Gasteiger charge is -2.12. The maximum atomic E-state index is 11.2. The van der Waals surface area contributed by atoms with Crippen LogP contribution < -0.4 is 9.47 Å². The van der Waals surface area contributed by atoms with Crippen LogP contribution in [0.15, 0.2) is 36.4 Å². The van der Waals surface area contributed by atoms with Crippen molar-refractivity contribution in [3.8, 4) is 11.5 Å². The van der Waals surface area contributed by atoms with Crippen LogP contribution in [0.25, 0.3) is 0 Å². The first-order valence-electron chi connectivity index (χ1n) is 6.30. The molecule has 0 atom stereocenters. The first kappa shape index (κ1) is 15.2. The van der Waals surface area contributed by atoms with Gasteiger partial charge in [-0.1, -0.05) is 23.7 Å². The van der Waals surface area contributed by atoms with Crippen molar-refractivity contribution in [1.29, 1.82) is 0 Å². The Bertz CT molecular complexity index is 667. The first-order chi connectivity index (χ1) is 10.0. The summed E-state index contributed by atoms with van der Waals surface area (Å²) in [6.07, 6.45) is 0. The number of carboxylic acid groups (broad SMARTS) is 1. The average molecular weight is 307 g/mol. The van der Waals surface area contributed by atoms with Crippen LogP contribution in [-0.2, 0) is 6.61 Å². The van der Waals surface area contributed by atoms with Gasteiger partial charge in [-0.25, -0.2) is 4.79 Å². The summed E-state index contributed by atoms with van der Waals surface area (Å²) in [5.41, 5.74) is 1.93. The zero-order valence-corrected chi connectivity index (χ0v) is 12.5. The number of ether oxygens (including phenoxy) is 2. The van der Waals surface area contributed by atoms with E-state index in [2.05, 4.69) is 0 Å². The van der Waals surface area contributed by atoms with Crippen LogP contribution >= 0.6 is 11.6 Å². The summed E-state index contributed by atoms with van der Waals surface area (Å²) in [4.78, 5) is 11.2. The third-order valence-electron chi connectivity index (χ3n) is 3.01. The highest BCUT2D eigenvalue weighted by Crippen LogP contribution is 2.27. The monoisotopic (exact) mass is 306 g/mol. The molecule has 110 valence electrons. The van der Waals surface area contributed by atoms with Gasteiger partial charge in [-0.15, -0.1) is 0 Å². The topological polar surface area (TPSA) is 55.8 Å². The number of aromatic carboxylic acids is 1. The second-order valence-corrected chi connectivity index (χ2v) is 4.96. The Morgan fingerprint density at radius 1 is 1.24 bits per heavy atom. The van der Waals surface area contributed by atoms with Gasteiger partial charge in [-0.3, -0.25) is 0 Å². The van der Waals surface area contributed by atoms with E-state index in [1.54, 1.807) is 12.1 Å². The molecule has 0 aliphatic rings. The largest absolute Gasteiger partial charge is 0.497 e. The molecule has 0 aliphatic heterocycles. The fraction of sp³-hybridized carbons (Fsp3) is 0.188. The summed E-state index contributed by atoms with van der Waals surface area (Å²) in [5, 5.41) is 9.76. The summed E-state index contributed by atoms with van der Waals surface area (Å²) >= 11 is 6.14. The molecule has 1 N–H and O–H groups in total. The van der Waals surface area contributed by atoms with Gasteiger partial charge in [0.15, 0.2) is 0 Å². The van der Waals surface area contributed by atoms with Gasteiger partial charge in [0.05, 0.1) is 7.11 Å². The minimum Gasteiger partial charge on any atom is -0.497 e. The van der Waals surface area contributed by atoms with Crippen LogP contribution in [0.2, 0.25) is 5.02 Å². The van der Waals surface area contributed by atoms with Crippen LogP contribution in [0.5, 0.6) is 11.5 Å². The van der Waals surface area contributed by atoms with Crippen molar-refractivity contribution < 1.29 is 19.4 Å². The number of rotatable bonds is 5. The van der Waals surface area contributed by atoms with Gasteiger partial charge in [0.25, 0.3) is 0 Å². The minimum absolute atomic E-state index is 0.0824. The van der Waals surface area contributed by atoms with Crippen LogP contribution in [0.3, 0.4) is 0 Å². The van der Waals surface area contributed by atoms with Gasteiger partial charge in [0.2, 0.25) is 0 Å². The predicted molar refractivity (Wildman–Crippen MR) is 80.5 cm³/mol. The van der Waals surface area contributed by atoms with E-state index in [0.29, 0.717) is 10.8 Å². The number of carboxylic acids is 1. The summed E-state index contributed by atoms with van der Waals surface area (Å²) in [7, 11) is 1.51. The molecule has 2 aromatic carbocycles. The van der Waals surface area contributed by atoms with E-state index in [0.717, 1.165) is 11.1 Å². The van der Waals surface area contributed by atoms with E-state index in [1.807, 2.05) is 25.1 Å². The normalized spacial score (nSPS) is 10.2. The van der Waals surface area contributed by atoms with Crippen LogP contribution in [0, 0.1) is 6.92 Å². The Hall–Kier alpha value is -2.20. The zero-order valence-electron chi connectivity index (χ0n) is 11.7. The molecule has 0 aromatic heterocycles. The van der Waals surface area contributed by atoms with E-state index >= 15 is 0 Å². The molecule has 0 spiro atoms. The van der Waals surface area contributed by atoms with Gasteiger partial charge in [0.1, 0.15) is 23.7 Å². The molecule has 0 aliphatic carbocycles. The standard InChI is InChI=1S/C16H15ClO4/c1-10-3-4-11(14(17)7-10)9-21-15-8-12(20-2)5-6-13(15)16(18)19/h3-8H,9H2,1-2H3,(H,18,19). The van der Waals surface area contributed by atoms with Crippen molar-refractivity contribution in [1.82, 2.24) is 0 Å². The summed E-state index contributed by atoms with van der Waals surface area (Å²) in [6, 6.07) is 10.2. The molecule has 0 saturated heterocycles. The lowest BCUT2D eigenvalue weighted by molar-refractivity contribution is 0.0691. The number of benzene rings is 2. The maximum absolute atomic E-state index is 11.2. The quantitative estimate of drug-likeness (QED) is 0.909. The Labute approximate surface area is 127 Å². The molecular formula is C16H15ClO4. The molecule has 0 unspecified atom stereocenters. The summed E-state index contributed by atoms with van der Waals surface area (Å²) in [6.45, 7) is 2.13. The maximum Gasteiger partial charge on any atom is 0.339 e. The van der Waals surface area contributed by atoms with Gasteiger partial charge >= 0.3 is 5.97 Å². The van der Waals surface area contributed by atoms with Gasteiger partial charge in [-0.2, -0.15) is 0 Å². The van der Waals surface area contributed by atoms with E-state index in [9.17, 15) is 9.90 Å². The van der Waals surface area contributed by atoms with Gasteiger partial charge in [-0.05, 0) is 30.7 Å². The molecule has 2 rings (SSSR count). The van der Waals surface area contributed by atoms with Gasteiger partial charge in [0, 0.05) is 16.7 Å². The van der Waals surface area contributed by atoms with Crippen molar-refractivity contribution in [2.75, 3.05) is 7.11 Å². The molecule has 0 amide bonds. The van der Waals surface area contributed by atoms with E-state index in [4.69, 9.17) is 21.1 Å². The number of methoxy groups -OCH3 is 1. The Kier molecular flexibility index (Phi) is 4.70. The molecule has 0 heterocycles. The lowest BCUT2D eigenvalue weighted by atomic mass is 10.1. The number of aryl methyl sites for hydroxylation is 1. The van der Waals surface area contributed by atoms with Gasteiger partial charge < -0.3 is 14.6 Å². The molecule has 0 saturated carbocycles. The van der Waals surface area contributed by atoms with Crippen molar-refractivity contribution in [3.63, 3.8) is 0 Å². The number of halogens is 1. The van der Waals surface area contributed by atoms with Crippen molar-refractivity contribution in [3.05, 3.63) is 58.1 Å². The van der Waals surface area contributed by atoms with Crippen LogP contribution in [0.1, 0.15) is 21.5 Å². The summed E-state index contributed by atoms with van der Waals surface area (Å²) in [5.74, 6) is -0.272. The van der Waals surface area contributed by atoms with E-state index in [1.165, 1.54) is 13.2 Å². The highest BCUT2D eigenvalue weighted by atomic mass is 35.5. The fourth-order valence-electron chi connectivity index (χ4n) is 1.85. The van der Waals surface area contributed by atoms with E-state index < -0.39 is 5.97 Å². The predicted octanol–water partition coefficient (Wildman–Crippen LogP) is 3.93. The van der Waals surface area contributed by atoms with Crippen molar-refractivity contribution in [2.24, 2.45) is 0 Å². The second kappa shape index (κ2) is 6.50. The van der Waals surface area contributed by atoms with Crippen molar-refractivity contribution in [2.45, 2.75) is 13.5 Å². The molecule has 0 bridgehead atoms. The molecule has 0 fully saturated rings. The van der Waals surface area contributed by atoms with Crippen LogP contribution in [-0.4, -0.2) is 18.2 Å². The smallest absolute Gasteiger partial charge is 0.339 e. The Balaban J connectivity index is 2.24. The molecule has 4 nitrogen and oxygen atoms in total. The second-order valence-electron chi connectivity index (χ2n) is 4.55. The number of hydrogen-bond donors (Lipinski definition) is 1. The molecular weight excluding hydrogens is 292 g/mol. The Morgan fingerprint density at radius 2 is 2.00 bits per heavy atom. The lowest BCUT2D eigenvalue weighted by Crippen LogP contribution is -2.04. The highest BCUT2D eigenvalue weighted by molar-refractivity contribution is 6.31. The summed E-state index contributed by atoms with van der Waals surface area (Å²) < 4.78 is 10.7. The molecule has 0 radical (unpaired) electrons. The third-order valence-corrected chi connectivity index (χ3v) is 3.36. The number of hydrogen-bond acceptors (Lipinski definition) is 3. The molecule has 21 heavy (non-hydrogen) atoms. The van der Waals surface area contributed by atoms with Crippen LogP contribution in [0.4, 0.5) is 0 Å². The fourth-order valence-corrected chi connectivity index (χ4v) is 2.14. The minimum atomic E-state index is -1.05. The first-order valence-corrected chi connectivity index (χ1v) is 6.68. The zero-order chi connectivity index (χ0) is 15.4. The van der Waals surface area contributed by atoms with Crippen molar-refractivity contribution >= 4 is 17.6 Å². The Morgan fingerprint density at radius 3 is 2.62 bits per heavy atom. The number of carbonyl (C=O) groups is 1. The molecule has 2 aromatic rings. The SMILES string of the molecule is COc1ccc(C(=O)O)c(OCc2ccc(C)cc2Cl)c1.